The minimum absolute atomic E-state index is 0. The molecule has 0 amide bonds. The van der Waals surface area contributed by atoms with Gasteiger partial charge in [-0.15, -0.1) is 0 Å². The third kappa shape index (κ3) is 7.95. The van der Waals surface area contributed by atoms with Gasteiger partial charge in [0, 0.05) is 11.8 Å². The summed E-state index contributed by atoms with van der Waals surface area (Å²) in [5, 5.41) is 0.0676. The molecule has 0 atom stereocenters. The number of carbonyl (C=O) groups excluding carboxylic acids is 1. The zero-order valence-electron chi connectivity index (χ0n) is 14.4. The Hall–Kier alpha value is -0.910. The van der Waals surface area contributed by atoms with Gasteiger partial charge in [0.1, 0.15) is 5.75 Å². The molecule has 0 aliphatic rings. The van der Waals surface area contributed by atoms with Crippen LogP contribution in [0.25, 0.3) is 0 Å². The Morgan fingerprint density at radius 2 is 1.96 bits per heavy atom. The minimum atomic E-state index is 0. The fourth-order valence-electron chi connectivity index (χ4n) is 2.12. The van der Waals surface area contributed by atoms with Gasteiger partial charge in [0.15, 0.2) is 0 Å². The Bertz CT molecular complexity index is 468. The number of nitrogen functional groups attached to an aromatic ring is 1. The molecule has 6 heteroatoms. The van der Waals surface area contributed by atoms with Crippen molar-refractivity contribution in [3.8, 4) is 5.75 Å². The van der Waals surface area contributed by atoms with E-state index in [-0.39, 0.29) is 17.5 Å². The largest absolute Gasteiger partial charge is 1.00 e. The molecule has 0 fully saturated rings. The van der Waals surface area contributed by atoms with E-state index >= 15 is 0 Å². The average molecular weight is 361 g/mol. The number of anilines is 1. The number of thioether (sulfide) groups is 1. The Labute approximate surface area is 150 Å². The first-order valence-electron chi connectivity index (χ1n) is 8.15. The van der Waals surface area contributed by atoms with Crippen molar-refractivity contribution in [1.29, 1.82) is 0 Å². The van der Waals surface area contributed by atoms with Gasteiger partial charge in [-0.05, 0) is 32.4 Å². The first-order chi connectivity index (χ1) is 10.6. The molecule has 3 N–H and O–H groups in total. The van der Waals surface area contributed by atoms with Crippen LogP contribution < -0.4 is 27.8 Å². The van der Waals surface area contributed by atoms with Gasteiger partial charge in [-0.2, -0.15) is 0 Å². The van der Waals surface area contributed by atoms with Crippen molar-refractivity contribution in [3.63, 3.8) is 0 Å². The number of hydrogen-bond acceptors (Lipinski definition) is 4. The van der Waals surface area contributed by atoms with E-state index < -0.39 is 0 Å². The van der Waals surface area contributed by atoms with Gasteiger partial charge >= 0.3 is 0 Å². The van der Waals surface area contributed by atoms with Crippen LogP contribution in [0.2, 0.25) is 0 Å². The van der Waals surface area contributed by atoms with E-state index in [1.807, 2.05) is 0 Å². The summed E-state index contributed by atoms with van der Waals surface area (Å²) in [5.41, 5.74) is 7.06. The molecule has 0 aliphatic carbocycles. The molecule has 1 aromatic rings. The number of carbonyl (C=O) groups is 1. The molecule has 132 valence electrons. The van der Waals surface area contributed by atoms with Crippen LogP contribution in [-0.4, -0.2) is 37.1 Å². The van der Waals surface area contributed by atoms with Crippen LogP contribution in [0.1, 0.15) is 44.0 Å². The lowest BCUT2D eigenvalue weighted by Gasteiger charge is -2.15. The molecule has 23 heavy (non-hydrogen) atoms. The molecular weight excluding hydrogens is 332 g/mol. The van der Waals surface area contributed by atoms with Gasteiger partial charge in [0.2, 0.25) is 5.12 Å². The van der Waals surface area contributed by atoms with Crippen molar-refractivity contribution in [2.24, 2.45) is 0 Å². The van der Waals surface area contributed by atoms with Crippen LogP contribution in [0.5, 0.6) is 5.75 Å². The van der Waals surface area contributed by atoms with Gasteiger partial charge in [-0.1, -0.05) is 25.1 Å². The van der Waals surface area contributed by atoms with Crippen LogP contribution in [-0.2, 0) is 0 Å². The summed E-state index contributed by atoms with van der Waals surface area (Å²) in [6.45, 7) is 10.3. The topological polar surface area (TPSA) is 56.8 Å². The molecular formula is C17H29ClN2O2S. The molecule has 0 aliphatic heterocycles. The molecule has 0 heterocycles. The quantitative estimate of drug-likeness (QED) is 0.426. The number of quaternary nitrogens is 1. The van der Waals surface area contributed by atoms with Crippen molar-refractivity contribution < 1.29 is 26.8 Å². The lowest BCUT2D eigenvalue weighted by atomic mass is 10.2. The average Bonchev–Trinajstić information content (AvgIpc) is 2.52. The van der Waals surface area contributed by atoms with Crippen LogP contribution in [0.4, 0.5) is 5.69 Å². The monoisotopic (exact) mass is 360 g/mol. The Morgan fingerprint density at radius 3 is 2.57 bits per heavy atom. The van der Waals surface area contributed by atoms with E-state index in [4.69, 9.17) is 10.5 Å². The molecule has 4 nitrogen and oxygen atoms in total. The van der Waals surface area contributed by atoms with E-state index in [9.17, 15) is 4.79 Å². The number of ether oxygens (including phenoxy) is 1. The molecule has 1 rings (SSSR count). The number of nitrogens with one attached hydrogen (secondary N) is 1. The highest BCUT2D eigenvalue weighted by atomic mass is 35.5. The highest BCUT2D eigenvalue weighted by Crippen LogP contribution is 2.26. The summed E-state index contributed by atoms with van der Waals surface area (Å²) >= 11 is 1.37. The highest BCUT2D eigenvalue weighted by Gasteiger charge is 2.14. The third-order valence-electron chi connectivity index (χ3n) is 3.67. The number of halogens is 1. The van der Waals surface area contributed by atoms with Gasteiger partial charge in [0.25, 0.3) is 0 Å². The standard InChI is InChI=1S/C17H28N2O2S.ClH/c1-4-7-11-21-16-13-14(18)8-9-15(16)17(20)22-12-10-19(5-2)6-3;/h8-9,13H,4-7,10-12,18H2,1-3H3;1H. The summed E-state index contributed by atoms with van der Waals surface area (Å²) < 4.78 is 5.73. The second-order valence-electron chi connectivity index (χ2n) is 5.30. The maximum absolute atomic E-state index is 12.4. The van der Waals surface area contributed by atoms with E-state index in [2.05, 4.69) is 20.8 Å². The van der Waals surface area contributed by atoms with Gasteiger partial charge in [-0.25, -0.2) is 0 Å². The summed E-state index contributed by atoms with van der Waals surface area (Å²) in [7, 11) is 0. The summed E-state index contributed by atoms with van der Waals surface area (Å²) in [6.07, 6.45) is 2.04. The minimum Gasteiger partial charge on any atom is -1.00 e. The maximum Gasteiger partial charge on any atom is 0.223 e. The fraction of sp³-hybridized carbons (Fsp3) is 0.588. The summed E-state index contributed by atoms with van der Waals surface area (Å²) in [5.74, 6) is 1.44. The van der Waals surface area contributed by atoms with E-state index in [1.165, 1.54) is 16.7 Å². The summed E-state index contributed by atoms with van der Waals surface area (Å²) in [6, 6.07) is 5.28. The van der Waals surface area contributed by atoms with Crippen LogP contribution >= 0.6 is 11.8 Å². The van der Waals surface area contributed by atoms with Crippen molar-refractivity contribution >= 4 is 22.6 Å². The highest BCUT2D eigenvalue weighted by molar-refractivity contribution is 8.14. The molecule has 0 unspecified atom stereocenters. The number of rotatable bonds is 10. The van der Waals surface area contributed by atoms with Crippen molar-refractivity contribution in [2.75, 3.05) is 37.7 Å². The SMILES string of the molecule is CCCCOc1cc(N)ccc1C(=O)SCC[NH+](CC)CC.[Cl-]. The van der Waals surface area contributed by atoms with E-state index in [0.29, 0.717) is 23.6 Å². The molecule has 0 aromatic heterocycles. The molecule has 0 saturated carbocycles. The fourth-order valence-corrected chi connectivity index (χ4v) is 3.02. The second kappa shape index (κ2) is 12.5. The number of nitrogens with two attached hydrogens (primary N) is 1. The number of hydrogen-bond donors (Lipinski definition) is 2. The van der Waals surface area contributed by atoms with Gasteiger partial charge in [-0.3, -0.25) is 4.79 Å². The lowest BCUT2D eigenvalue weighted by molar-refractivity contribution is -0.893. The van der Waals surface area contributed by atoms with E-state index in [1.54, 1.807) is 18.2 Å². The first-order valence-corrected chi connectivity index (χ1v) is 9.13. The normalized spacial score (nSPS) is 10.4. The van der Waals surface area contributed by atoms with Crippen LogP contribution in [0.15, 0.2) is 18.2 Å². The van der Waals surface area contributed by atoms with E-state index in [0.717, 1.165) is 38.2 Å². The van der Waals surface area contributed by atoms with Gasteiger partial charge < -0.3 is 27.8 Å². The lowest BCUT2D eigenvalue weighted by Crippen LogP contribution is -3.11. The van der Waals surface area contributed by atoms with Crippen LogP contribution in [0.3, 0.4) is 0 Å². The molecule has 0 saturated heterocycles. The van der Waals surface area contributed by atoms with Crippen molar-refractivity contribution in [2.45, 2.75) is 33.6 Å². The summed E-state index contributed by atoms with van der Waals surface area (Å²) in [4.78, 5) is 13.9. The first kappa shape index (κ1) is 22.1. The maximum atomic E-state index is 12.4. The van der Waals surface area contributed by atoms with Crippen LogP contribution in [0, 0.1) is 0 Å². The Morgan fingerprint density at radius 1 is 1.26 bits per heavy atom. The Kier molecular flexibility index (Phi) is 12.0. The molecule has 1 aromatic carbocycles. The molecule has 0 bridgehead atoms. The Balaban J connectivity index is 0.00000484. The third-order valence-corrected chi connectivity index (χ3v) is 4.56. The number of unbranched alkanes of at least 4 members (excludes halogenated alkanes) is 1. The predicted molar refractivity (Wildman–Crippen MR) is 95.0 cm³/mol. The molecule has 0 radical (unpaired) electrons. The predicted octanol–water partition coefficient (Wildman–Crippen LogP) is -0.750. The number of benzene rings is 1. The smallest absolute Gasteiger partial charge is 0.223 e. The zero-order valence-corrected chi connectivity index (χ0v) is 15.9. The zero-order chi connectivity index (χ0) is 16.4. The van der Waals surface area contributed by atoms with Crippen molar-refractivity contribution in [3.05, 3.63) is 23.8 Å². The molecule has 0 spiro atoms. The van der Waals surface area contributed by atoms with Gasteiger partial charge in [0.05, 0.1) is 37.6 Å². The van der Waals surface area contributed by atoms with Crippen molar-refractivity contribution in [1.82, 2.24) is 0 Å². The second-order valence-corrected chi connectivity index (χ2v) is 6.37.